The Bertz CT molecular complexity index is 779. The molecule has 6 heteroatoms. The zero-order valence-corrected chi connectivity index (χ0v) is 17.2. The van der Waals surface area contributed by atoms with Crippen LogP contribution in [0.5, 0.6) is 0 Å². The Morgan fingerprint density at radius 3 is 2.50 bits per heavy atom. The second-order valence-electron chi connectivity index (χ2n) is 8.02. The molecule has 0 saturated heterocycles. The van der Waals surface area contributed by atoms with E-state index in [4.69, 9.17) is 14.2 Å². The lowest BCUT2D eigenvalue weighted by Gasteiger charge is -2.35. The van der Waals surface area contributed by atoms with Crippen LogP contribution in [0.4, 0.5) is 10.5 Å². The van der Waals surface area contributed by atoms with Crippen molar-refractivity contribution in [3.8, 4) is 0 Å². The third kappa shape index (κ3) is 3.92. The first-order chi connectivity index (χ1) is 13.3. The number of hydrogen-bond acceptors (Lipinski definition) is 5. The predicted molar refractivity (Wildman–Crippen MR) is 107 cm³/mol. The van der Waals surface area contributed by atoms with Crippen molar-refractivity contribution in [3.63, 3.8) is 0 Å². The third-order valence-electron chi connectivity index (χ3n) is 4.90. The van der Waals surface area contributed by atoms with Gasteiger partial charge in [0.05, 0.1) is 30.4 Å². The minimum atomic E-state index is -0.610. The quantitative estimate of drug-likeness (QED) is 0.725. The van der Waals surface area contributed by atoms with Crippen molar-refractivity contribution >= 4 is 23.3 Å². The highest BCUT2D eigenvalue weighted by atomic mass is 16.6. The number of anilines is 1. The molecule has 1 aliphatic heterocycles. The van der Waals surface area contributed by atoms with Gasteiger partial charge in [-0.05, 0) is 58.8 Å². The SMILES string of the molecule is CCOC(=O)C1C[C@@H]2C(=C[C@H]1OCC)c1ccccc1N2C(=O)OC(C)(C)C. The Hall–Kier alpha value is -2.34. The van der Waals surface area contributed by atoms with Gasteiger partial charge in [0.2, 0.25) is 0 Å². The molecule has 1 unspecified atom stereocenters. The minimum absolute atomic E-state index is 0.279. The molecule has 3 atom stereocenters. The van der Waals surface area contributed by atoms with Gasteiger partial charge in [-0.2, -0.15) is 0 Å². The number of hydrogen-bond donors (Lipinski definition) is 0. The summed E-state index contributed by atoms with van der Waals surface area (Å²) in [4.78, 5) is 27.3. The lowest BCUT2D eigenvalue weighted by atomic mass is 9.82. The van der Waals surface area contributed by atoms with Crippen molar-refractivity contribution in [2.24, 2.45) is 5.92 Å². The van der Waals surface area contributed by atoms with Crippen LogP contribution in [0.1, 0.15) is 46.6 Å². The summed E-state index contributed by atoms with van der Waals surface area (Å²) < 4.78 is 16.8. The van der Waals surface area contributed by atoms with Crippen LogP contribution in [0.15, 0.2) is 30.3 Å². The van der Waals surface area contributed by atoms with E-state index >= 15 is 0 Å². The number of nitrogens with zero attached hydrogens (tertiary/aromatic N) is 1. The molecule has 1 aliphatic carbocycles. The number of para-hydroxylation sites is 1. The van der Waals surface area contributed by atoms with Crippen LogP contribution in [0.3, 0.4) is 0 Å². The van der Waals surface area contributed by atoms with Crippen molar-refractivity contribution in [1.82, 2.24) is 0 Å². The lowest BCUT2D eigenvalue weighted by molar-refractivity contribution is -0.152. The topological polar surface area (TPSA) is 65.1 Å². The summed E-state index contributed by atoms with van der Waals surface area (Å²) in [5.74, 6) is -0.760. The van der Waals surface area contributed by atoms with Crippen molar-refractivity contribution < 1.29 is 23.8 Å². The number of ether oxygens (including phenoxy) is 3. The maximum atomic E-state index is 13.0. The molecule has 1 heterocycles. The van der Waals surface area contributed by atoms with Crippen molar-refractivity contribution in [1.29, 1.82) is 0 Å². The molecule has 1 aromatic carbocycles. The summed E-state index contributed by atoms with van der Waals surface area (Å²) in [6.07, 6.45) is 1.62. The van der Waals surface area contributed by atoms with Crippen LogP contribution in [0.25, 0.3) is 5.57 Å². The fourth-order valence-corrected chi connectivity index (χ4v) is 3.89. The number of benzene rings is 1. The van der Waals surface area contributed by atoms with E-state index in [1.165, 1.54) is 0 Å². The molecule has 3 rings (SSSR count). The van der Waals surface area contributed by atoms with Gasteiger partial charge in [0, 0.05) is 12.2 Å². The van der Waals surface area contributed by atoms with Gasteiger partial charge in [0.1, 0.15) is 5.60 Å². The molecule has 1 amide bonds. The molecule has 152 valence electrons. The van der Waals surface area contributed by atoms with E-state index in [-0.39, 0.29) is 18.1 Å². The van der Waals surface area contributed by atoms with E-state index in [2.05, 4.69) is 0 Å². The average Bonchev–Trinajstić information content (AvgIpc) is 2.94. The van der Waals surface area contributed by atoms with Crippen LogP contribution in [-0.4, -0.2) is 43.0 Å². The standard InChI is InChI=1S/C22H29NO5/c1-6-26-19-13-15-14-10-8-9-11-17(14)23(21(25)28-22(3,4)5)18(15)12-16(19)20(24)27-7-2/h8-11,13,16,18-19H,6-7,12H2,1-5H3/t16?,18-,19-/m1/s1. The highest BCUT2D eigenvalue weighted by Gasteiger charge is 2.47. The molecule has 6 nitrogen and oxygen atoms in total. The lowest BCUT2D eigenvalue weighted by Crippen LogP contribution is -2.46. The second kappa shape index (κ2) is 7.95. The Balaban J connectivity index is 2.02. The minimum Gasteiger partial charge on any atom is -0.466 e. The molecule has 1 aromatic rings. The van der Waals surface area contributed by atoms with Gasteiger partial charge in [0.25, 0.3) is 0 Å². The average molecular weight is 387 g/mol. The summed E-state index contributed by atoms with van der Waals surface area (Å²) in [5.41, 5.74) is 2.17. The summed E-state index contributed by atoms with van der Waals surface area (Å²) >= 11 is 0. The normalized spacial score (nSPS) is 23.5. The number of amides is 1. The fraction of sp³-hybridized carbons (Fsp3) is 0.545. The zero-order valence-electron chi connectivity index (χ0n) is 17.2. The van der Waals surface area contributed by atoms with Gasteiger partial charge in [0.15, 0.2) is 0 Å². The van der Waals surface area contributed by atoms with Gasteiger partial charge in [-0.15, -0.1) is 0 Å². The summed E-state index contributed by atoms with van der Waals surface area (Å²) in [6.45, 7) is 10.0. The molecule has 2 aliphatic rings. The van der Waals surface area contributed by atoms with Gasteiger partial charge >= 0.3 is 12.1 Å². The largest absolute Gasteiger partial charge is 0.466 e. The Morgan fingerprint density at radius 2 is 1.86 bits per heavy atom. The van der Waals surface area contributed by atoms with E-state index < -0.39 is 17.6 Å². The summed E-state index contributed by atoms with van der Waals surface area (Å²) in [7, 11) is 0. The monoisotopic (exact) mass is 387 g/mol. The second-order valence-corrected chi connectivity index (χ2v) is 8.02. The fourth-order valence-electron chi connectivity index (χ4n) is 3.89. The van der Waals surface area contributed by atoms with Gasteiger partial charge in [-0.3, -0.25) is 9.69 Å². The Kier molecular flexibility index (Phi) is 5.79. The smallest absolute Gasteiger partial charge is 0.415 e. The molecule has 0 fully saturated rings. The molecule has 0 spiro atoms. The van der Waals surface area contributed by atoms with Crippen LogP contribution in [-0.2, 0) is 19.0 Å². The molecular formula is C22H29NO5. The van der Waals surface area contributed by atoms with Gasteiger partial charge in [-0.1, -0.05) is 18.2 Å². The molecule has 0 radical (unpaired) electrons. The van der Waals surface area contributed by atoms with E-state index in [0.29, 0.717) is 19.6 Å². The number of fused-ring (bicyclic) bond motifs is 3. The predicted octanol–water partition coefficient (Wildman–Crippen LogP) is 4.18. The van der Waals surface area contributed by atoms with Crippen LogP contribution in [0, 0.1) is 5.92 Å². The number of esters is 1. The maximum absolute atomic E-state index is 13.0. The zero-order chi connectivity index (χ0) is 20.5. The first-order valence-corrected chi connectivity index (χ1v) is 9.88. The van der Waals surface area contributed by atoms with Crippen LogP contribution in [0.2, 0.25) is 0 Å². The number of rotatable bonds is 4. The Morgan fingerprint density at radius 1 is 1.14 bits per heavy atom. The van der Waals surface area contributed by atoms with E-state index in [1.807, 2.05) is 58.0 Å². The molecule has 0 N–H and O–H groups in total. The highest BCUT2D eigenvalue weighted by Crippen LogP contribution is 2.47. The van der Waals surface area contributed by atoms with Gasteiger partial charge < -0.3 is 14.2 Å². The summed E-state index contributed by atoms with van der Waals surface area (Å²) in [6, 6.07) is 7.47. The third-order valence-corrected chi connectivity index (χ3v) is 4.90. The number of carbonyl (C=O) groups is 2. The molecule has 0 bridgehead atoms. The summed E-state index contributed by atoms with van der Waals surface area (Å²) in [5, 5.41) is 0. The molecular weight excluding hydrogens is 358 g/mol. The first-order valence-electron chi connectivity index (χ1n) is 9.88. The van der Waals surface area contributed by atoms with Crippen LogP contribution < -0.4 is 4.90 Å². The molecule has 0 saturated carbocycles. The molecule has 0 aromatic heterocycles. The van der Waals surface area contributed by atoms with E-state index in [9.17, 15) is 9.59 Å². The van der Waals surface area contributed by atoms with Crippen molar-refractivity contribution in [2.75, 3.05) is 18.1 Å². The molecule has 28 heavy (non-hydrogen) atoms. The van der Waals surface area contributed by atoms with Gasteiger partial charge in [-0.25, -0.2) is 4.79 Å². The van der Waals surface area contributed by atoms with Crippen molar-refractivity contribution in [2.45, 2.75) is 58.8 Å². The van der Waals surface area contributed by atoms with Crippen LogP contribution >= 0.6 is 0 Å². The van der Waals surface area contributed by atoms with E-state index in [0.717, 1.165) is 16.8 Å². The maximum Gasteiger partial charge on any atom is 0.415 e. The van der Waals surface area contributed by atoms with Crippen molar-refractivity contribution in [3.05, 3.63) is 35.9 Å². The Labute approximate surface area is 166 Å². The first kappa shape index (κ1) is 20.4. The highest BCUT2D eigenvalue weighted by molar-refractivity contribution is 6.02. The number of carbonyl (C=O) groups excluding carboxylic acids is 2. The van der Waals surface area contributed by atoms with E-state index in [1.54, 1.807) is 11.8 Å².